The molecule has 1 amide bonds. The Morgan fingerprint density at radius 3 is 2.71 bits per heavy atom. The summed E-state index contributed by atoms with van der Waals surface area (Å²) >= 11 is 11.6. The van der Waals surface area contributed by atoms with Crippen LogP contribution < -0.4 is 15.4 Å². The molecule has 0 fully saturated rings. The van der Waals surface area contributed by atoms with Crippen molar-refractivity contribution in [1.29, 1.82) is 0 Å². The summed E-state index contributed by atoms with van der Waals surface area (Å²) in [5.41, 5.74) is 4.16. The highest BCUT2D eigenvalue weighted by atomic mass is 35.5. The SMILES string of the molecule is Cc1ccccc1OCC(=O)NC(=S)Nc1cc(-c2nc3ccccc3[nH]2)ccc1Cl. The Balaban J connectivity index is 1.41. The van der Waals surface area contributed by atoms with Gasteiger partial charge in [0.05, 0.1) is 21.7 Å². The van der Waals surface area contributed by atoms with Crippen molar-refractivity contribution >= 4 is 51.6 Å². The van der Waals surface area contributed by atoms with E-state index in [0.29, 0.717) is 22.3 Å². The van der Waals surface area contributed by atoms with Crippen LogP contribution in [0.1, 0.15) is 5.56 Å². The van der Waals surface area contributed by atoms with E-state index in [9.17, 15) is 4.79 Å². The number of para-hydroxylation sites is 3. The summed E-state index contributed by atoms with van der Waals surface area (Å²) in [7, 11) is 0. The highest BCUT2D eigenvalue weighted by Gasteiger charge is 2.11. The number of H-pyrrole nitrogens is 1. The van der Waals surface area contributed by atoms with Gasteiger partial charge in [-0.25, -0.2) is 4.98 Å². The third-order valence-electron chi connectivity index (χ3n) is 4.58. The van der Waals surface area contributed by atoms with Gasteiger partial charge in [0, 0.05) is 5.56 Å². The first kappa shape index (κ1) is 20.8. The van der Waals surface area contributed by atoms with Gasteiger partial charge in [0.15, 0.2) is 11.7 Å². The van der Waals surface area contributed by atoms with Crippen molar-refractivity contribution in [3.63, 3.8) is 0 Å². The van der Waals surface area contributed by atoms with Crippen molar-refractivity contribution in [2.24, 2.45) is 0 Å². The third kappa shape index (κ3) is 5.02. The molecule has 0 radical (unpaired) electrons. The molecule has 0 aliphatic heterocycles. The Morgan fingerprint density at radius 2 is 1.90 bits per heavy atom. The summed E-state index contributed by atoms with van der Waals surface area (Å²) < 4.78 is 5.54. The number of hydrogen-bond donors (Lipinski definition) is 3. The fraction of sp³-hybridized carbons (Fsp3) is 0.0870. The molecular formula is C23H19ClN4O2S. The standard InChI is InChI=1S/C23H19ClN4O2S/c1-14-6-2-5-9-20(14)30-13-21(29)28-23(31)27-19-12-15(10-11-16(19)24)22-25-17-7-3-4-8-18(17)26-22/h2-12H,13H2,1H3,(H,25,26)(H2,27,28,29,31). The zero-order chi connectivity index (χ0) is 21.8. The first-order valence-corrected chi connectivity index (χ1v) is 10.3. The second kappa shape index (κ2) is 9.16. The molecule has 4 rings (SSSR count). The number of benzene rings is 3. The van der Waals surface area contributed by atoms with E-state index in [1.54, 1.807) is 6.07 Å². The number of rotatable bonds is 5. The highest BCUT2D eigenvalue weighted by molar-refractivity contribution is 7.80. The molecular weight excluding hydrogens is 432 g/mol. The molecule has 6 nitrogen and oxygen atoms in total. The number of amides is 1. The maximum atomic E-state index is 12.2. The average Bonchev–Trinajstić information content (AvgIpc) is 3.19. The Labute approximate surface area is 189 Å². The number of halogens is 1. The molecule has 0 bridgehead atoms. The Morgan fingerprint density at radius 1 is 1.13 bits per heavy atom. The topological polar surface area (TPSA) is 79.0 Å². The van der Waals surface area contributed by atoms with E-state index in [4.69, 9.17) is 28.6 Å². The van der Waals surface area contributed by atoms with Gasteiger partial charge in [0.1, 0.15) is 11.6 Å². The summed E-state index contributed by atoms with van der Waals surface area (Å²) in [5, 5.41) is 6.16. The van der Waals surface area contributed by atoms with E-state index in [2.05, 4.69) is 20.6 Å². The summed E-state index contributed by atoms with van der Waals surface area (Å²) in [6.45, 7) is 1.76. The summed E-state index contributed by atoms with van der Waals surface area (Å²) in [5.74, 6) is 0.992. The molecule has 0 saturated carbocycles. The van der Waals surface area contributed by atoms with E-state index in [1.165, 1.54) is 0 Å². The van der Waals surface area contributed by atoms with Crippen molar-refractivity contribution in [3.8, 4) is 17.1 Å². The van der Waals surface area contributed by atoms with Crippen LogP contribution in [0.25, 0.3) is 22.4 Å². The Bertz CT molecular complexity index is 1240. The third-order valence-corrected chi connectivity index (χ3v) is 5.12. The lowest BCUT2D eigenvalue weighted by Gasteiger charge is -2.13. The minimum Gasteiger partial charge on any atom is -0.483 e. The average molecular weight is 451 g/mol. The van der Waals surface area contributed by atoms with Gasteiger partial charge >= 0.3 is 0 Å². The fourth-order valence-electron chi connectivity index (χ4n) is 3.04. The van der Waals surface area contributed by atoms with Crippen LogP contribution in [0, 0.1) is 6.92 Å². The minimum absolute atomic E-state index is 0.127. The van der Waals surface area contributed by atoms with Crippen LogP contribution in [0.2, 0.25) is 5.02 Å². The molecule has 1 heterocycles. The van der Waals surface area contributed by atoms with Gasteiger partial charge < -0.3 is 15.0 Å². The number of anilines is 1. The molecule has 0 unspecified atom stereocenters. The smallest absolute Gasteiger partial charge is 0.264 e. The van der Waals surface area contributed by atoms with Gasteiger partial charge in [-0.2, -0.15) is 0 Å². The number of aryl methyl sites for hydroxylation is 1. The van der Waals surface area contributed by atoms with Gasteiger partial charge in [-0.3, -0.25) is 10.1 Å². The predicted molar refractivity (Wildman–Crippen MR) is 128 cm³/mol. The largest absolute Gasteiger partial charge is 0.483 e. The lowest BCUT2D eigenvalue weighted by molar-refractivity contribution is -0.121. The summed E-state index contributed by atoms with van der Waals surface area (Å²) in [4.78, 5) is 20.1. The molecule has 4 aromatic rings. The summed E-state index contributed by atoms with van der Waals surface area (Å²) in [6.07, 6.45) is 0. The minimum atomic E-state index is -0.370. The maximum Gasteiger partial charge on any atom is 0.264 e. The fourth-order valence-corrected chi connectivity index (χ4v) is 3.42. The number of imidazole rings is 1. The molecule has 156 valence electrons. The van der Waals surface area contributed by atoms with Crippen LogP contribution in [-0.2, 0) is 4.79 Å². The number of aromatic nitrogens is 2. The first-order chi connectivity index (χ1) is 15.0. The molecule has 1 aromatic heterocycles. The number of nitrogens with one attached hydrogen (secondary N) is 3. The molecule has 0 saturated heterocycles. The second-order valence-corrected chi connectivity index (χ2v) is 7.67. The maximum absolute atomic E-state index is 12.2. The number of ether oxygens (including phenoxy) is 1. The van der Waals surface area contributed by atoms with E-state index >= 15 is 0 Å². The number of hydrogen-bond acceptors (Lipinski definition) is 4. The Hall–Kier alpha value is -3.42. The van der Waals surface area contributed by atoms with Crippen molar-refractivity contribution in [2.45, 2.75) is 6.92 Å². The van der Waals surface area contributed by atoms with Gasteiger partial charge in [-0.05, 0) is 61.1 Å². The number of nitrogens with zero attached hydrogens (tertiary/aromatic N) is 1. The van der Waals surface area contributed by atoms with Gasteiger partial charge in [-0.1, -0.05) is 41.9 Å². The molecule has 31 heavy (non-hydrogen) atoms. The number of aromatic amines is 1. The molecule has 0 spiro atoms. The van der Waals surface area contributed by atoms with Crippen molar-refractivity contribution in [2.75, 3.05) is 11.9 Å². The molecule has 8 heteroatoms. The zero-order valence-electron chi connectivity index (χ0n) is 16.6. The van der Waals surface area contributed by atoms with Gasteiger partial charge in [-0.15, -0.1) is 0 Å². The van der Waals surface area contributed by atoms with Gasteiger partial charge in [0.2, 0.25) is 0 Å². The second-order valence-electron chi connectivity index (χ2n) is 6.85. The highest BCUT2D eigenvalue weighted by Crippen LogP contribution is 2.28. The zero-order valence-corrected chi connectivity index (χ0v) is 18.2. The van der Waals surface area contributed by atoms with Crippen LogP contribution in [0.15, 0.2) is 66.7 Å². The number of carbonyl (C=O) groups excluding carboxylic acids is 1. The Kier molecular flexibility index (Phi) is 6.16. The van der Waals surface area contributed by atoms with E-state index in [0.717, 1.165) is 22.2 Å². The number of thiocarbonyl (C=S) groups is 1. The van der Waals surface area contributed by atoms with Crippen LogP contribution in [-0.4, -0.2) is 27.6 Å². The van der Waals surface area contributed by atoms with Crippen LogP contribution in [0.4, 0.5) is 5.69 Å². The van der Waals surface area contributed by atoms with Crippen LogP contribution >= 0.6 is 23.8 Å². The van der Waals surface area contributed by atoms with Crippen LogP contribution in [0.3, 0.4) is 0 Å². The predicted octanol–water partition coefficient (Wildman–Crippen LogP) is 5.08. The van der Waals surface area contributed by atoms with Crippen molar-refractivity contribution < 1.29 is 9.53 Å². The summed E-state index contributed by atoms with van der Waals surface area (Å²) in [6, 6.07) is 20.7. The van der Waals surface area contributed by atoms with E-state index in [-0.39, 0.29) is 17.6 Å². The molecule has 0 aliphatic rings. The van der Waals surface area contributed by atoms with E-state index in [1.807, 2.05) is 67.6 Å². The first-order valence-electron chi connectivity index (χ1n) is 9.53. The molecule has 0 aliphatic carbocycles. The monoisotopic (exact) mass is 450 g/mol. The molecule has 0 atom stereocenters. The lowest BCUT2D eigenvalue weighted by atomic mass is 10.2. The molecule has 3 N–H and O–H groups in total. The normalized spacial score (nSPS) is 10.6. The number of carbonyl (C=O) groups is 1. The quantitative estimate of drug-likeness (QED) is 0.369. The van der Waals surface area contributed by atoms with Gasteiger partial charge in [0.25, 0.3) is 5.91 Å². The van der Waals surface area contributed by atoms with Crippen molar-refractivity contribution in [1.82, 2.24) is 15.3 Å². The molecule has 3 aromatic carbocycles. The number of fused-ring (bicyclic) bond motifs is 1. The van der Waals surface area contributed by atoms with E-state index < -0.39 is 0 Å². The lowest BCUT2D eigenvalue weighted by Crippen LogP contribution is -2.37. The van der Waals surface area contributed by atoms with Crippen LogP contribution in [0.5, 0.6) is 5.75 Å². The van der Waals surface area contributed by atoms with Crippen molar-refractivity contribution in [3.05, 3.63) is 77.3 Å².